The first-order valence-corrected chi connectivity index (χ1v) is 13.5. The van der Waals surface area contributed by atoms with Gasteiger partial charge in [0.1, 0.15) is 0 Å². The van der Waals surface area contributed by atoms with Crippen molar-refractivity contribution >= 4 is 10.1 Å². The Bertz CT molecular complexity index is 429. The predicted octanol–water partition coefficient (Wildman–Crippen LogP) is 3.72. The summed E-state index contributed by atoms with van der Waals surface area (Å²) in [4.78, 5) is 0. The Hall–Kier alpha value is 0.870. The van der Waals surface area contributed by atoms with Crippen molar-refractivity contribution in [1.29, 1.82) is 0 Å². The molecule has 0 heterocycles. The fourth-order valence-electron chi connectivity index (χ4n) is 3.79. The van der Waals surface area contributed by atoms with Gasteiger partial charge in [-0.05, 0) is 25.7 Å². The van der Waals surface area contributed by atoms with Crippen molar-refractivity contribution in [2.24, 2.45) is 0 Å². The second-order valence-corrected chi connectivity index (χ2v) is 10.2. The zero-order valence-corrected chi connectivity index (χ0v) is 22.5. The molecule has 2 atom stereocenters. The summed E-state index contributed by atoms with van der Waals surface area (Å²) in [6.07, 6.45) is 20.1. The molecule has 4 nitrogen and oxygen atoms in total. The first-order chi connectivity index (χ1) is 13.4. The molecule has 0 saturated heterocycles. The van der Waals surface area contributed by atoms with Crippen LogP contribution in [-0.2, 0) is 10.1 Å². The molecule has 0 saturated carbocycles. The summed E-state index contributed by atoms with van der Waals surface area (Å²) in [5.74, 6) is 0. The monoisotopic (exact) mass is 442 g/mol. The average Bonchev–Trinajstić information content (AvgIpc) is 2.65. The van der Waals surface area contributed by atoms with Gasteiger partial charge in [0.25, 0.3) is 0 Å². The van der Waals surface area contributed by atoms with Gasteiger partial charge in [0, 0.05) is 5.25 Å². The van der Waals surface area contributed by atoms with Crippen molar-refractivity contribution < 1.29 is 47.6 Å². The molecule has 0 amide bonds. The van der Waals surface area contributed by atoms with E-state index in [-0.39, 0.29) is 35.7 Å². The quantitative estimate of drug-likeness (QED) is 0.167. The maximum Gasteiger partial charge on any atom is 1.00 e. The number of aliphatic hydroxyl groups excluding tert-OH is 1. The molecule has 0 aliphatic carbocycles. The fourth-order valence-corrected chi connectivity index (χ4v) is 4.70. The molecule has 0 aromatic heterocycles. The number of hydrogen-bond donors (Lipinski definition) is 1. The van der Waals surface area contributed by atoms with E-state index in [1.54, 1.807) is 0 Å². The Kier molecular flexibility index (Phi) is 24.4. The molecule has 0 rings (SSSR count). The molecule has 0 bridgehead atoms. The molecular weight excluding hydrogens is 395 g/mol. The SMILES string of the molecule is CCCCC(O)CCCCCCCCCCCCCC(CCCC)S(=O)(=O)[O-].[Na+]. The van der Waals surface area contributed by atoms with Gasteiger partial charge < -0.3 is 9.66 Å². The molecule has 0 aliphatic rings. The van der Waals surface area contributed by atoms with Crippen LogP contribution in [0.1, 0.15) is 136 Å². The molecule has 1 N–H and O–H groups in total. The van der Waals surface area contributed by atoms with Gasteiger partial charge in [-0.1, -0.05) is 110 Å². The summed E-state index contributed by atoms with van der Waals surface area (Å²) in [5, 5.41) is 9.14. The van der Waals surface area contributed by atoms with E-state index < -0.39 is 15.4 Å². The summed E-state index contributed by atoms with van der Waals surface area (Å²) >= 11 is 0. The van der Waals surface area contributed by atoms with Gasteiger partial charge in [0.05, 0.1) is 16.2 Å². The van der Waals surface area contributed by atoms with Crippen LogP contribution in [0.4, 0.5) is 0 Å². The van der Waals surface area contributed by atoms with Crippen LogP contribution in [0.15, 0.2) is 0 Å². The smallest absolute Gasteiger partial charge is 0.748 e. The van der Waals surface area contributed by atoms with Crippen molar-refractivity contribution in [3.05, 3.63) is 0 Å². The van der Waals surface area contributed by atoms with E-state index in [1.807, 2.05) is 6.92 Å². The Morgan fingerprint density at radius 2 is 0.931 bits per heavy atom. The van der Waals surface area contributed by atoms with Gasteiger partial charge in [0.2, 0.25) is 0 Å². The molecule has 2 unspecified atom stereocenters. The molecule has 0 aliphatic heterocycles. The predicted molar refractivity (Wildman–Crippen MR) is 119 cm³/mol. The number of hydrogen-bond acceptors (Lipinski definition) is 4. The third-order valence-corrected chi connectivity index (χ3v) is 7.03. The standard InChI is InChI=1S/C23H48O4S.Na/c1-3-5-18-22(24)19-16-14-12-10-8-7-9-11-13-15-17-21-23(20-6-4-2)28(25,26)27;/h22-24H,3-21H2,1-2H3,(H,25,26,27);/q;+1/p-1. The van der Waals surface area contributed by atoms with Gasteiger partial charge in [0.15, 0.2) is 0 Å². The zero-order chi connectivity index (χ0) is 21.1. The summed E-state index contributed by atoms with van der Waals surface area (Å²) in [6.45, 7) is 4.19. The van der Waals surface area contributed by atoms with Crippen molar-refractivity contribution in [2.45, 2.75) is 147 Å². The summed E-state index contributed by atoms with van der Waals surface area (Å²) < 4.78 is 33.8. The Labute approximate surface area is 204 Å². The summed E-state index contributed by atoms with van der Waals surface area (Å²) in [7, 11) is -4.12. The normalized spacial score (nSPS) is 13.8. The maximum atomic E-state index is 11.3. The van der Waals surface area contributed by atoms with Crippen LogP contribution in [0.2, 0.25) is 0 Å². The van der Waals surface area contributed by atoms with Gasteiger partial charge in [-0.2, -0.15) is 0 Å². The molecule has 0 radical (unpaired) electrons. The molecule has 29 heavy (non-hydrogen) atoms. The van der Waals surface area contributed by atoms with Crippen molar-refractivity contribution in [3.8, 4) is 0 Å². The minimum Gasteiger partial charge on any atom is -0.748 e. The Morgan fingerprint density at radius 3 is 1.34 bits per heavy atom. The van der Waals surface area contributed by atoms with Crippen LogP contribution in [0.25, 0.3) is 0 Å². The van der Waals surface area contributed by atoms with Crippen LogP contribution < -0.4 is 29.6 Å². The topological polar surface area (TPSA) is 77.4 Å². The van der Waals surface area contributed by atoms with Gasteiger partial charge in [-0.3, -0.25) is 0 Å². The van der Waals surface area contributed by atoms with E-state index in [1.165, 1.54) is 51.4 Å². The average molecular weight is 443 g/mol. The van der Waals surface area contributed by atoms with E-state index in [0.717, 1.165) is 57.8 Å². The van der Waals surface area contributed by atoms with Gasteiger partial charge >= 0.3 is 29.6 Å². The van der Waals surface area contributed by atoms with E-state index in [2.05, 4.69) is 6.92 Å². The van der Waals surface area contributed by atoms with Crippen LogP contribution in [0.5, 0.6) is 0 Å². The second kappa shape index (κ2) is 22.1. The second-order valence-electron chi connectivity index (χ2n) is 8.52. The Balaban J connectivity index is 0. The number of rotatable bonds is 21. The van der Waals surface area contributed by atoms with Crippen molar-refractivity contribution in [3.63, 3.8) is 0 Å². The Morgan fingerprint density at radius 1 is 0.621 bits per heavy atom. The van der Waals surface area contributed by atoms with E-state index in [4.69, 9.17) is 0 Å². The van der Waals surface area contributed by atoms with E-state index in [9.17, 15) is 18.1 Å². The summed E-state index contributed by atoms with van der Waals surface area (Å²) in [6, 6.07) is 0. The molecule has 170 valence electrons. The number of unbranched alkanes of at least 4 members (excludes halogenated alkanes) is 12. The first-order valence-electron chi connectivity index (χ1n) is 12.0. The minimum absolute atomic E-state index is 0. The van der Waals surface area contributed by atoms with Crippen LogP contribution in [-0.4, -0.2) is 29.4 Å². The van der Waals surface area contributed by atoms with E-state index >= 15 is 0 Å². The molecule has 6 heteroatoms. The van der Waals surface area contributed by atoms with Crippen molar-refractivity contribution in [1.82, 2.24) is 0 Å². The van der Waals surface area contributed by atoms with Gasteiger partial charge in [-0.25, -0.2) is 8.42 Å². The van der Waals surface area contributed by atoms with Crippen LogP contribution in [0, 0.1) is 0 Å². The first kappa shape index (κ1) is 32.1. The third kappa shape index (κ3) is 21.9. The van der Waals surface area contributed by atoms with Crippen LogP contribution >= 0.6 is 0 Å². The minimum atomic E-state index is -4.12. The molecule has 0 aromatic rings. The largest absolute Gasteiger partial charge is 1.00 e. The molecule has 0 aromatic carbocycles. The maximum absolute atomic E-state index is 11.3. The molecule has 0 fully saturated rings. The number of aliphatic hydroxyl groups is 1. The van der Waals surface area contributed by atoms with Crippen molar-refractivity contribution in [2.75, 3.05) is 0 Å². The van der Waals surface area contributed by atoms with E-state index in [0.29, 0.717) is 12.8 Å². The van der Waals surface area contributed by atoms with Gasteiger partial charge in [-0.15, -0.1) is 0 Å². The fraction of sp³-hybridized carbons (Fsp3) is 1.00. The zero-order valence-electron chi connectivity index (χ0n) is 19.7. The molecule has 0 spiro atoms. The van der Waals surface area contributed by atoms with Crippen LogP contribution in [0.3, 0.4) is 0 Å². The third-order valence-electron chi connectivity index (χ3n) is 5.74. The summed E-state index contributed by atoms with van der Waals surface area (Å²) in [5.41, 5.74) is 0. The molecular formula is C23H47NaO4S.